The van der Waals surface area contributed by atoms with Crippen LogP contribution in [0.1, 0.15) is 17.7 Å². The Morgan fingerprint density at radius 1 is 1.18 bits per heavy atom. The Bertz CT molecular complexity index is 684. The minimum absolute atomic E-state index is 0.418. The summed E-state index contributed by atoms with van der Waals surface area (Å²) in [7, 11) is 0. The van der Waals surface area contributed by atoms with Gasteiger partial charge >= 0.3 is 0 Å². The Hall–Kier alpha value is -1.62. The largest absolute Gasteiger partial charge is 0.457 e. The van der Waals surface area contributed by atoms with Crippen molar-refractivity contribution in [3.8, 4) is 11.5 Å². The van der Waals surface area contributed by atoms with Crippen molar-refractivity contribution in [3.05, 3.63) is 52.8 Å². The molecule has 1 fully saturated rings. The monoisotopic (exact) mass is 317 g/mol. The number of pyridine rings is 1. The highest BCUT2D eigenvalue weighted by Crippen LogP contribution is 2.43. The van der Waals surface area contributed by atoms with E-state index < -0.39 is 5.60 Å². The third-order valence-corrected chi connectivity index (χ3v) is 4.36. The first-order chi connectivity index (χ1) is 10.8. The van der Waals surface area contributed by atoms with Gasteiger partial charge in [-0.3, -0.25) is 0 Å². The lowest BCUT2D eigenvalue weighted by Crippen LogP contribution is -2.37. The lowest BCUT2D eigenvalue weighted by atomic mass is 9.90. The van der Waals surface area contributed by atoms with Gasteiger partial charge in [0.05, 0.1) is 18.9 Å². The maximum Gasteiger partial charge on any atom is 0.136 e. The molecule has 0 saturated carbocycles. The third-order valence-electron chi connectivity index (χ3n) is 4.17. The van der Waals surface area contributed by atoms with Crippen LogP contribution in [0.3, 0.4) is 0 Å². The molecule has 2 aliphatic heterocycles. The van der Waals surface area contributed by atoms with Crippen molar-refractivity contribution in [3.63, 3.8) is 0 Å². The molecule has 1 saturated heterocycles. The number of fused-ring (bicyclic) bond motifs is 2. The van der Waals surface area contributed by atoms with Gasteiger partial charge in [-0.05, 0) is 12.1 Å². The zero-order chi connectivity index (χ0) is 15.0. The maximum absolute atomic E-state index is 6.22. The molecule has 4 nitrogen and oxygen atoms in total. The lowest BCUT2D eigenvalue weighted by Gasteiger charge is -2.34. The predicted molar refractivity (Wildman–Crippen MR) is 82.5 cm³/mol. The fourth-order valence-electron chi connectivity index (χ4n) is 3.11. The molecule has 5 heteroatoms. The second-order valence-electron chi connectivity index (χ2n) is 5.58. The minimum atomic E-state index is -0.465. The van der Waals surface area contributed by atoms with Gasteiger partial charge in [0.1, 0.15) is 22.3 Å². The van der Waals surface area contributed by atoms with Crippen LogP contribution >= 0.6 is 11.6 Å². The fourth-order valence-corrected chi connectivity index (χ4v) is 3.29. The standard InChI is InChI=1S/C17H16ClNO3/c18-15-10-14(22-12-4-2-1-3-5-12)13-6-8-21-17(16(13)19-15)7-9-20-11-17/h1-5,10H,6-9,11H2. The van der Waals surface area contributed by atoms with E-state index in [9.17, 15) is 0 Å². The van der Waals surface area contributed by atoms with Crippen LogP contribution in [-0.4, -0.2) is 24.8 Å². The number of halogens is 1. The Kier molecular flexibility index (Phi) is 3.53. The van der Waals surface area contributed by atoms with Crippen LogP contribution in [0.15, 0.2) is 36.4 Å². The second-order valence-corrected chi connectivity index (χ2v) is 5.97. The quantitative estimate of drug-likeness (QED) is 0.792. The van der Waals surface area contributed by atoms with Gasteiger partial charge in [-0.2, -0.15) is 0 Å². The summed E-state index contributed by atoms with van der Waals surface area (Å²) in [5.41, 5.74) is 1.48. The van der Waals surface area contributed by atoms with Crippen molar-refractivity contribution < 1.29 is 14.2 Å². The summed E-state index contributed by atoms with van der Waals surface area (Å²) in [6.07, 6.45) is 1.57. The van der Waals surface area contributed by atoms with Gasteiger partial charge in [0.15, 0.2) is 0 Å². The number of hydrogen-bond acceptors (Lipinski definition) is 4. The average molecular weight is 318 g/mol. The molecule has 0 N–H and O–H groups in total. The molecule has 0 radical (unpaired) electrons. The number of benzene rings is 1. The number of para-hydroxylation sites is 1. The van der Waals surface area contributed by atoms with E-state index in [4.69, 9.17) is 25.8 Å². The minimum Gasteiger partial charge on any atom is -0.457 e. The van der Waals surface area contributed by atoms with Gasteiger partial charge in [-0.25, -0.2) is 4.98 Å². The lowest BCUT2D eigenvalue weighted by molar-refractivity contribution is -0.0668. The summed E-state index contributed by atoms with van der Waals surface area (Å²) in [4.78, 5) is 4.53. The first-order valence-electron chi connectivity index (χ1n) is 7.41. The molecule has 3 heterocycles. The van der Waals surface area contributed by atoms with Crippen LogP contribution in [0, 0.1) is 0 Å². The topological polar surface area (TPSA) is 40.6 Å². The van der Waals surface area contributed by atoms with Crippen molar-refractivity contribution in [2.75, 3.05) is 19.8 Å². The molecule has 1 spiro atoms. The molecule has 1 atom stereocenters. The molecule has 22 heavy (non-hydrogen) atoms. The van der Waals surface area contributed by atoms with Gasteiger partial charge in [0.25, 0.3) is 0 Å². The van der Waals surface area contributed by atoms with Crippen molar-refractivity contribution >= 4 is 11.6 Å². The summed E-state index contributed by atoms with van der Waals surface area (Å²) in [5, 5.41) is 0.418. The van der Waals surface area contributed by atoms with E-state index in [2.05, 4.69) is 4.98 Å². The molecular weight excluding hydrogens is 302 g/mol. The van der Waals surface area contributed by atoms with E-state index in [1.54, 1.807) is 6.07 Å². The highest BCUT2D eigenvalue weighted by atomic mass is 35.5. The van der Waals surface area contributed by atoms with Gasteiger partial charge in [-0.15, -0.1) is 0 Å². The maximum atomic E-state index is 6.22. The number of rotatable bonds is 2. The SMILES string of the molecule is Clc1cc(Oc2ccccc2)c2c(n1)C1(CCOC1)OCC2. The predicted octanol–water partition coefficient (Wildman–Crippen LogP) is 3.72. The van der Waals surface area contributed by atoms with Gasteiger partial charge < -0.3 is 14.2 Å². The average Bonchev–Trinajstić information content (AvgIpc) is 2.99. The van der Waals surface area contributed by atoms with Crippen LogP contribution in [0.4, 0.5) is 0 Å². The van der Waals surface area contributed by atoms with E-state index in [1.165, 1.54) is 0 Å². The Labute approximate surface area is 134 Å². The smallest absolute Gasteiger partial charge is 0.136 e. The molecule has 4 rings (SSSR count). The number of nitrogens with zero attached hydrogens (tertiary/aromatic N) is 1. The molecule has 2 aromatic rings. The summed E-state index contributed by atoms with van der Waals surface area (Å²) in [6, 6.07) is 11.5. The van der Waals surface area contributed by atoms with Crippen molar-refractivity contribution in [2.24, 2.45) is 0 Å². The first kappa shape index (κ1) is 14.0. The Morgan fingerprint density at radius 2 is 2.05 bits per heavy atom. The van der Waals surface area contributed by atoms with E-state index in [0.717, 1.165) is 35.6 Å². The van der Waals surface area contributed by atoms with Crippen LogP contribution in [0.5, 0.6) is 11.5 Å². The number of aromatic nitrogens is 1. The molecule has 114 valence electrons. The van der Waals surface area contributed by atoms with Gasteiger partial charge in [0.2, 0.25) is 0 Å². The van der Waals surface area contributed by atoms with Crippen molar-refractivity contribution in [1.82, 2.24) is 4.98 Å². The fraction of sp³-hybridized carbons (Fsp3) is 0.353. The second kappa shape index (κ2) is 5.54. The molecule has 0 aliphatic carbocycles. The van der Waals surface area contributed by atoms with Gasteiger partial charge in [0, 0.05) is 31.1 Å². The zero-order valence-electron chi connectivity index (χ0n) is 12.0. The Morgan fingerprint density at radius 3 is 2.82 bits per heavy atom. The molecule has 0 amide bonds. The van der Waals surface area contributed by atoms with E-state index >= 15 is 0 Å². The molecule has 1 unspecified atom stereocenters. The van der Waals surface area contributed by atoms with Crippen LogP contribution in [-0.2, 0) is 21.5 Å². The van der Waals surface area contributed by atoms with E-state index in [1.807, 2.05) is 30.3 Å². The summed E-state index contributed by atoms with van der Waals surface area (Å²) >= 11 is 6.22. The Balaban J connectivity index is 1.78. The molecule has 1 aromatic carbocycles. The van der Waals surface area contributed by atoms with Crippen LogP contribution in [0.25, 0.3) is 0 Å². The molecule has 1 aromatic heterocycles. The first-order valence-corrected chi connectivity index (χ1v) is 7.79. The van der Waals surface area contributed by atoms with Crippen LogP contribution < -0.4 is 4.74 Å². The highest BCUT2D eigenvalue weighted by Gasteiger charge is 2.44. The normalized spacial score (nSPS) is 23.5. The third kappa shape index (κ3) is 2.37. The summed E-state index contributed by atoms with van der Waals surface area (Å²) in [5.74, 6) is 1.55. The van der Waals surface area contributed by atoms with Crippen LogP contribution in [0.2, 0.25) is 5.15 Å². The van der Waals surface area contributed by atoms with Gasteiger partial charge in [-0.1, -0.05) is 29.8 Å². The highest BCUT2D eigenvalue weighted by molar-refractivity contribution is 6.29. The molecular formula is C17H16ClNO3. The number of ether oxygens (including phenoxy) is 3. The summed E-state index contributed by atoms with van der Waals surface area (Å²) in [6.45, 7) is 1.85. The number of hydrogen-bond donors (Lipinski definition) is 0. The van der Waals surface area contributed by atoms with Crippen molar-refractivity contribution in [1.29, 1.82) is 0 Å². The zero-order valence-corrected chi connectivity index (χ0v) is 12.8. The molecule has 0 bridgehead atoms. The van der Waals surface area contributed by atoms with Crippen molar-refractivity contribution in [2.45, 2.75) is 18.4 Å². The molecule has 2 aliphatic rings. The van der Waals surface area contributed by atoms with E-state index in [0.29, 0.717) is 25.0 Å². The van der Waals surface area contributed by atoms with E-state index in [-0.39, 0.29) is 0 Å². The summed E-state index contributed by atoms with van der Waals surface area (Å²) < 4.78 is 17.6.